The molecule has 0 unspecified atom stereocenters. The van der Waals surface area contributed by atoms with Gasteiger partial charge in [-0.05, 0) is 25.1 Å². The fourth-order valence-corrected chi connectivity index (χ4v) is 2.08. The number of rotatable bonds is 3. The molecule has 1 aromatic heterocycles. The minimum atomic E-state index is -0.585. The Labute approximate surface area is 136 Å². The maximum atomic E-state index is 11.8. The van der Waals surface area contributed by atoms with Crippen LogP contribution in [0.5, 0.6) is 0 Å². The zero-order valence-corrected chi connectivity index (χ0v) is 13.4. The number of carbonyl (C=O) groups excluding carboxylic acids is 2. The molecule has 0 saturated heterocycles. The van der Waals surface area contributed by atoms with Gasteiger partial charge in [-0.25, -0.2) is 14.5 Å². The van der Waals surface area contributed by atoms with Gasteiger partial charge in [0.1, 0.15) is 12.4 Å². The molecule has 116 valence electrons. The van der Waals surface area contributed by atoms with E-state index in [-0.39, 0.29) is 6.54 Å². The maximum Gasteiger partial charge on any atom is 0.321 e. The quantitative estimate of drug-likeness (QED) is 0.893. The Hall–Kier alpha value is -2.12. The summed E-state index contributed by atoms with van der Waals surface area (Å²) in [7, 11) is 1.42. The molecular formula is C13H13Cl2N5O2. The van der Waals surface area contributed by atoms with Crippen molar-refractivity contribution < 1.29 is 9.59 Å². The van der Waals surface area contributed by atoms with E-state index in [1.54, 1.807) is 25.1 Å². The predicted octanol–water partition coefficient (Wildman–Crippen LogP) is 2.02. The molecule has 0 fully saturated rings. The molecule has 22 heavy (non-hydrogen) atoms. The molecule has 0 aliphatic carbocycles. The third kappa shape index (κ3) is 3.75. The first kappa shape index (κ1) is 16.3. The van der Waals surface area contributed by atoms with Crippen LogP contribution in [0.15, 0.2) is 18.2 Å². The summed E-state index contributed by atoms with van der Waals surface area (Å²) in [6.07, 6.45) is 0. The lowest BCUT2D eigenvalue weighted by molar-refractivity contribution is -0.120. The number of carbonyl (C=O) groups is 2. The molecule has 0 bridgehead atoms. The van der Waals surface area contributed by atoms with E-state index in [4.69, 9.17) is 23.2 Å². The van der Waals surface area contributed by atoms with Crippen LogP contribution in [-0.2, 0) is 11.3 Å². The second kappa shape index (κ2) is 6.76. The number of amides is 3. The van der Waals surface area contributed by atoms with Gasteiger partial charge in [0.2, 0.25) is 5.91 Å². The molecular weight excluding hydrogens is 329 g/mol. The van der Waals surface area contributed by atoms with Crippen molar-refractivity contribution in [2.45, 2.75) is 13.5 Å². The van der Waals surface area contributed by atoms with Crippen molar-refractivity contribution in [2.24, 2.45) is 0 Å². The van der Waals surface area contributed by atoms with Crippen molar-refractivity contribution in [3.8, 4) is 11.4 Å². The molecule has 0 spiro atoms. The molecule has 1 heterocycles. The number of imide groups is 1. The Morgan fingerprint density at radius 3 is 2.64 bits per heavy atom. The first-order valence-corrected chi connectivity index (χ1v) is 7.04. The second-order valence-electron chi connectivity index (χ2n) is 4.40. The molecule has 2 N–H and O–H groups in total. The SMILES string of the molecule is CNC(=O)NC(=O)Cn1nc(C)nc1-c1ccc(Cl)c(Cl)c1. The fraction of sp³-hybridized carbons (Fsp3) is 0.231. The summed E-state index contributed by atoms with van der Waals surface area (Å²) in [5.74, 6) is 0.447. The van der Waals surface area contributed by atoms with Crippen LogP contribution < -0.4 is 10.6 Å². The summed E-state index contributed by atoms with van der Waals surface area (Å²) in [5, 5.41) is 9.41. The van der Waals surface area contributed by atoms with Gasteiger partial charge in [-0.15, -0.1) is 0 Å². The van der Waals surface area contributed by atoms with Gasteiger partial charge in [-0.1, -0.05) is 23.2 Å². The number of hydrogen-bond acceptors (Lipinski definition) is 4. The average Bonchev–Trinajstić information content (AvgIpc) is 2.82. The smallest absolute Gasteiger partial charge is 0.321 e. The highest BCUT2D eigenvalue weighted by Gasteiger charge is 2.15. The largest absolute Gasteiger partial charge is 0.341 e. The lowest BCUT2D eigenvalue weighted by Crippen LogP contribution is -2.39. The van der Waals surface area contributed by atoms with E-state index in [0.29, 0.717) is 27.3 Å². The van der Waals surface area contributed by atoms with Crippen molar-refractivity contribution in [2.75, 3.05) is 7.05 Å². The van der Waals surface area contributed by atoms with E-state index in [2.05, 4.69) is 20.7 Å². The first-order valence-electron chi connectivity index (χ1n) is 6.29. The van der Waals surface area contributed by atoms with Crippen molar-refractivity contribution in [3.05, 3.63) is 34.1 Å². The zero-order valence-electron chi connectivity index (χ0n) is 11.9. The van der Waals surface area contributed by atoms with Gasteiger partial charge < -0.3 is 5.32 Å². The van der Waals surface area contributed by atoms with Gasteiger partial charge in [0.05, 0.1) is 10.0 Å². The van der Waals surface area contributed by atoms with Crippen LogP contribution in [0.25, 0.3) is 11.4 Å². The minimum Gasteiger partial charge on any atom is -0.341 e. The van der Waals surface area contributed by atoms with Crippen LogP contribution in [0.4, 0.5) is 4.79 Å². The third-order valence-corrected chi connectivity index (χ3v) is 3.47. The molecule has 1 aromatic carbocycles. The van der Waals surface area contributed by atoms with Gasteiger partial charge in [-0.2, -0.15) is 5.10 Å². The van der Waals surface area contributed by atoms with Crippen LogP contribution in [0.1, 0.15) is 5.82 Å². The van der Waals surface area contributed by atoms with Crippen LogP contribution in [0.2, 0.25) is 10.0 Å². The van der Waals surface area contributed by atoms with Crippen LogP contribution in [0, 0.1) is 6.92 Å². The highest BCUT2D eigenvalue weighted by atomic mass is 35.5. The number of nitrogens with zero attached hydrogens (tertiary/aromatic N) is 3. The number of aromatic nitrogens is 3. The standard InChI is InChI=1S/C13H13Cl2N5O2/c1-7-17-12(8-3-4-9(14)10(15)5-8)20(19-7)6-11(21)18-13(22)16-2/h3-5H,6H2,1-2H3,(H2,16,18,21,22). The summed E-state index contributed by atoms with van der Waals surface area (Å²) >= 11 is 11.9. The molecule has 7 nitrogen and oxygen atoms in total. The Bertz CT molecular complexity index is 729. The topological polar surface area (TPSA) is 88.9 Å². The Kier molecular flexibility index (Phi) is 4.99. The van der Waals surface area contributed by atoms with E-state index < -0.39 is 11.9 Å². The Balaban J connectivity index is 2.28. The number of hydrogen-bond donors (Lipinski definition) is 2. The maximum absolute atomic E-state index is 11.8. The van der Waals surface area contributed by atoms with E-state index in [1.807, 2.05) is 0 Å². The molecule has 0 aliphatic rings. The van der Waals surface area contributed by atoms with Gasteiger partial charge in [0.15, 0.2) is 5.82 Å². The highest BCUT2D eigenvalue weighted by molar-refractivity contribution is 6.42. The molecule has 0 saturated carbocycles. The first-order chi connectivity index (χ1) is 10.4. The van der Waals surface area contributed by atoms with Crippen molar-refractivity contribution in [1.29, 1.82) is 0 Å². The van der Waals surface area contributed by atoms with E-state index in [1.165, 1.54) is 11.7 Å². The van der Waals surface area contributed by atoms with Gasteiger partial charge in [0.25, 0.3) is 0 Å². The number of nitrogens with one attached hydrogen (secondary N) is 2. The third-order valence-electron chi connectivity index (χ3n) is 2.73. The number of aryl methyl sites for hydroxylation is 1. The highest BCUT2D eigenvalue weighted by Crippen LogP contribution is 2.27. The minimum absolute atomic E-state index is 0.149. The van der Waals surface area contributed by atoms with Crippen molar-refractivity contribution in [1.82, 2.24) is 25.4 Å². The molecule has 2 aromatic rings. The van der Waals surface area contributed by atoms with Gasteiger partial charge in [0, 0.05) is 12.6 Å². The lowest BCUT2D eigenvalue weighted by atomic mass is 10.2. The molecule has 2 rings (SSSR count). The normalized spacial score (nSPS) is 10.4. The molecule has 0 radical (unpaired) electrons. The lowest BCUT2D eigenvalue weighted by Gasteiger charge is -2.07. The summed E-state index contributed by atoms with van der Waals surface area (Å²) < 4.78 is 1.40. The molecule has 9 heteroatoms. The molecule has 3 amide bonds. The fourth-order valence-electron chi connectivity index (χ4n) is 1.78. The monoisotopic (exact) mass is 341 g/mol. The van der Waals surface area contributed by atoms with Gasteiger partial charge >= 0.3 is 6.03 Å². The molecule has 0 atom stereocenters. The Morgan fingerprint density at radius 1 is 1.27 bits per heavy atom. The summed E-state index contributed by atoms with van der Waals surface area (Å²) in [4.78, 5) is 27.2. The number of benzene rings is 1. The number of halogens is 2. The van der Waals surface area contributed by atoms with Crippen LogP contribution in [-0.4, -0.2) is 33.8 Å². The van der Waals surface area contributed by atoms with E-state index in [9.17, 15) is 9.59 Å². The Morgan fingerprint density at radius 2 is 2.00 bits per heavy atom. The predicted molar refractivity (Wildman–Crippen MR) is 82.8 cm³/mol. The van der Waals surface area contributed by atoms with E-state index in [0.717, 1.165) is 0 Å². The zero-order chi connectivity index (χ0) is 16.3. The number of urea groups is 1. The summed E-state index contributed by atoms with van der Waals surface area (Å²) in [6, 6.07) is 4.42. The van der Waals surface area contributed by atoms with E-state index >= 15 is 0 Å². The molecule has 0 aliphatic heterocycles. The van der Waals surface area contributed by atoms with Crippen LogP contribution in [0.3, 0.4) is 0 Å². The second-order valence-corrected chi connectivity index (χ2v) is 5.21. The average molecular weight is 342 g/mol. The summed E-state index contributed by atoms with van der Waals surface area (Å²) in [6.45, 7) is 1.55. The van der Waals surface area contributed by atoms with Crippen LogP contribution >= 0.6 is 23.2 Å². The van der Waals surface area contributed by atoms with Gasteiger partial charge in [-0.3, -0.25) is 10.1 Å². The summed E-state index contributed by atoms with van der Waals surface area (Å²) in [5.41, 5.74) is 0.669. The van der Waals surface area contributed by atoms with Crippen molar-refractivity contribution >= 4 is 35.1 Å². The van der Waals surface area contributed by atoms with Crippen molar-refractivity contribution in [3.63, 3.8) is 0 Å².